The number of ether oxygens (including phenoxy) is 1. The molecule has 1 heterocycles. The molecule has 0 aromatic heterocycles. The first kappa shape index (κ1) is 18.9. The van der Waals surface area contributed by atoms with Crippen LogP contribution in [0.25, 0.3) is 0 Å². The van der Waals surface area contributed by atoms with E-state index in [-0.39, 0.29) is 11.8 Å². The monoisotopic (exact) mass is 367 g/mol. The molecular weight excluding hydrogens is 342 g/mol. The van der Waals surface area contributed by atoms with Crippen molar-refractivity contribution in [1.82, 2.24) is 9.80 Å². The van der Waals surface area contributed by atoms with Crippen LogP contribution in [0.2, 0.25) is 0 Å². The first-order valence-corrected chi connectivity index (χ1v) is 9.12. The number of anilines is 1. The van der Waals surface area contributed by atoms with Gasteiger partial charge in [0.15, 0.2) is 5.75 Å². The number of piperazine rings is 1. The molecule has 0 spiro atoms. The van der Waals surface area contributed by atoms with E-state index in [9.17, 15) is 9.59 Å². The van der Waals surface area contributed by atoms with Crippen molar-refractivity contribution in [2.45, 2.75) is 13.8 Å². The molecule has 3 rings (SSSR count). The van der Waals surface area contributed by atoms with Gasteiger partial charge in [-0.1, -0.05) is 29.8 Å². The summed E-state index contributed by atoms with van der Waals surface area (Å²) in [7, 11) is 0. The Kier molecular flexibility index (Phi) is 6.08. The second-order valence-electron chi connectivity index (χ2n) is 6.74. The Morgan fingerprint density at radius 2 is 1.67 bits per heavy atom. The van der Waals surface area contributed by atoms with Crippen molar-refractivity contribution < 1.29 is 14.3 Å². The number of carbonyl (C=O) groups is 2. The van der Waals surface area contributed by atoms with Crippen LogP contribution in [0.4, 0.5) is 5.69 Å². The van der Waals surface area contributed by atoms with Crippen molar-refractivity contribution >= 4 is 17.5 Å². The third-order valence-electron chi connectivity index (χ3n) is 4.59. The number of hydrogen-bond donors (Lipinski definition) is 1. The number of rotatable bonds is 5. The molecule has 6 heteroatoms. The van der Waals surface area contributed by atoms with E-state index >= 15 is 0 Å². The maximum atomic E-state index is 12.5. The number of hydrogen-bond acceptors (Lipinski definition) is 4. The fraction of sp³-hybridized carbons (Fsp3) is 0.333. The van der Waals surface area contributed by atoms with Gasteiger partial charge in [0.25, 0.3) is 0 Å². The molecule has 0 aliphatic carbocycles. The van der Waals surface area contributed by atoms with Crippen molar-refractivity contribution in [2.75, 3.05) is 38.0 Å². The minimum atomic E-state index is -0.0915. The average Bonchev–Trinajstić information content (AvgIpc) is 2.65. The van der Waals surface area contributed by atoms with Crippen molar-refractivity contribution in [3.05, 3.63) is 54.1 Å². The molecule has 142 valence electrons. The van der Waals surface area contributed by atoms with Gasteiger partial charge in [0.2, 0.25) is 11.8 Å². The van der Waals surface area contributed by atoms with E-state index in [0.717, 1.165) is 11.3 Å². The van der Waals surface area contributed by atoms with Crippen LogP contribution in [-0.4, -0.2) is 54.3 Å². The third kappa shape index (κ3) is 5.31. The summed E-state index contributed by atoms with van der Waals surface area (Å²) in [4.78, 5) is 27.7. The Morgan fingerprint density at radius 3 is 2.33 bits per heavy atom. The molecule has 0 atom stereocenters. The number of amides is 2. The van der Waals surface area contributed by atoms with Gasteiger partial charge in [0, 0.05) is 33.1 Å². The molecular formula is C21H25N3O3. The van der Waals surface area contributed by atoms with Gasteiger partial charge in [-0.2, -0.15) is 0 Å². The lowest BCUT2D eigenvalue weighted by atomic mass is 10.2. The van der Waals surface area contributed by atoms with E-state index in [0.29, 0.717) is 44.2 Å². The van der Waals surface area contributed by atoms with Crippen LogP contribution >= 0.6 is 0 Å². The zero-order valence-corrected chi connectivity index (χ0v) is 15.8. The van der Waals surface area contributed by atoms with Crippen LogP contribution in [0, 0.1) is 6.92 Å². The Balaban J connectivity index is 1.58. The largest absolute Gasteiger partial charge is 0.455 e. The Bertz CT molecular complexity index is 797. The molecule has 0 bridgehead atoms. The summed E-state index contributed by atoms with van der Waals surface area (Å²) in [6.07, 6.45) is 0. The van der Waals surface area contributed by atoms with Crippen molar-refractivity contribution in [2.24, 2.45) is 0 Å². The van der Waals surface area contributed by atoms with Gasteiger partial charge in [-0.25, -0.2) is 0 Å². The lowest BCUT2D eigenvalue weighted by molar-refractivity contribution is -0.130. The smallest absolute Gasteiger partial charge is 0.238 e. The summed E-state index contributed by atoms with van der Waals surface area (Å²) in [5.74, 6) is 1.33. The van der Waals surface area contributed by atoms with E-state index in [1.54, 1.807) is 11.8 Å². The van der Waals surface area contributed by atoms with Crippen molar-refractivity contribution in [3.8, 4) is 11.5 Å². The first-order valence-electron chi connectivity index (χ1n) is 9.12. The molecule has 0 radical (unpaired) electrons. The maximum absolute atomic E-state index is 12.5. The molecule has 2 aromatic rings. The summed E-state index contributed by atoms with van der Waals surface area (Å²) in [5, 5.41) is 2.94. The molecule has 27 heavy (non-hydrogen) atoms. The minimum absolute atomic E-state index is 0.0845. The van der Waals surface area contributed by atoms with E-state index in [1.807, 2.05) is 55.5 Å². The normalized spacial score (nSPS) is 14.7. The minimum Gasteiger partial charge on any atom is -0.455 e. The summed E-state index contributed by atoms with van der Waals surface area (Å²) < 4.78 is 5.92. The number of nitrogens with zero attached hydrogens (tertiary/aromatic N) is 2. The van der Waals surface area contributed by atoms with Gasteiger partial charge in [-0.3, -0.25) is 14.5 Å². The van der Waals surface area contributed by atoms with E-state index in [4.69, 9.17) is 4.74 Å². The van der Waals surface area contributed by atoms with E-state index < -0.39 is 0 Å². The van der Waals surface area contributed by atoms with Crippen LogP contribution < -0.4 is 10.1 Å². The number of carbonyl (C=O) groups excluding carboxylic acids is 2. The Morgan fingerprint density at radius 1 is 1.00 bits per heavy atom. The highest BCUT2D eigenvalue weighted by molar-refractivity contribution is 5.93. The van der Waals surface area contributed by atoms with Crippen LogP contribution in [0.15, 0.2) is 48.5 Å². The summed E-state index contributed by atoms with van der Waals surface area (Å²) in [6, 6.07) is 15.2. The third-order valence-corrected chi connectivity index (χ3v) is 4.59. The standard InChI is InChI=1S/C21H25N3O3/c1-16-7-9-18(10-8-16)27-20-6-4-3-5-19(20)22-21(26)15-23-11-13-24(14-12-23)17(2)25/h3-10H,11-15H2,1-2H3,(H,22,26). The molecule has 2 aromatic carbocycles. The second kappa shape index (κ2) is 8.68. The van der Waals surface area contributed by atoms with E-state index in [2.05, 4.69) is 10.2 Å². The van der Waals surface area contributed by atoms with Crippen LogP contribution in [-0.2, 0) is 9.59 Å². The summed E-state index contributed by atoms with van der Waals surface area (Å²) >= 11 is 0. The van der Waals surface area contributed by atoms with Crippen LogP contribution in [0.5, 0.6) is 11.5 Å². The van der Waals surface area contributed by atoms with Gasteiger partial charge < -0.3 is 15.0 Å². The van der Waals surface area contributed by atoms with Crippen LogP contribution in [0.1, 0.15) is 12.5 Å². The molecule has 1 fully saturated rings. The molecule has 0 unspecified atom stereocenters. The first-order chi connectivity index (χ1) is 13.0. The number of aryl methyl sites for hydroxylation is 1. The Labute approximate surface area is 159 Å². The molecule has 6 nitrogen and oxygen atoms in total. The van der Waals surface area contributed by atoms with Gasteiger partial charge >= 0.3 is 0 Å². The molecule has 1 saturated heterocycles. The SMILES string of the molecule is CC(=O)N1CCN(CC(=O)Nc2ccccc2Oc2ccc(C)cc2)CC1. The van der Waals surface area contributed by atoms with Gasteiger partial charge in [0.1, 0.15) is 5.75 Å². The molecule has 1 aliphatic rings. The lowest BCUT2D eigenvalue weighted by Crippen LogP contribution is -2.49. The topological polar surface area (TPSA) is 61.9 Å². The van der Waals surface area contributed by atoms with Gasteiger partial charge in [-0.15, -0.1) is 0 Å². The fourth-order valence-corrected chi connectivity index (χ4v) is 3.01. The highest BCUT2D eigenvalue weighted by Gasteiger charge is 2.20. The highest BCUT2D eigenvalue weighted by Crippen LogP contribution is 2.29. The lowest BCUT2D eigenvalue weighted by Gasteiger charge is -2.33. The molecule has 1 aliphatic heterocycles. The Hall–Kier alpha value is -2.86. The molecule has 0 saturated carbocycles. The number of benzene rings is 2. The van der Waals surface area contributed by atoms with Crippen molar-refractivity contribution in [3.63, 3.8) is 0 Å². The quantitative estimate of drug-likeness (QED) is 0.883. The van der Waals surface area contributed by atoms with Crippen LogP contribution in [0.3, 0.4) is 0 Å². The average molecular weight is 367 g/mol. The van der Waals surface area contributed by atoms with E-state index in [1.165, 1.54) is 0 Å². The van der Waals surface area contributed by atoms with Crippen molar-refractivity contribution in [1.29, 1.82) is 0 Å². The number of nitrogens with one attached hydrogen (secondary N) is 1. The maximum Gasteiger partial charge on any atom is 0.238 e. The molecule has 1 N–H and O–H groups in total. The summed E-state index contributed by atoms with van der Waals surface area (Å²) in [6.45, 7) is 6.63. The number of para-hydroxylation sites is 2. The molecule has 2 amide bonds. The predicted molar refractivity (Wildman–Crippen MR) is 105 cm³/mol. The zero-order valence-electron chi connectivity index (χ0n) is 15.8. The van der Waals surface area contributed by atoms with Gasteiger partial charge in [0.05, 0.1) is 12.2 Å². The predicted octanol–water partition coefficient (Wildman–Crippen LogP) is 2.89. The zero-order chi connectivity index (χ0) is 19.2. The highest BCUT2D eigenvalue weighted by atomic mass is 16.5. The summed E-state index contributed by atoms with van der Waals surface area (Å²) in [5.41, 5.74) is 1.80. The fourth-order valence-electron chi connectivity index (χ4n) is 3.01. The van der Waals surface area contributed by atoms with Gasteiger partial charge in [-0.05, 0) is 31.2 Å². The second-order valence-corrected chi connectivity index (χ2v) is 6.74.